The van der Waals surface area contributed by atoms with E-state index in [9.17, 15) is 5.11 Å². The second-order valence-electron chi connectivity index (χ2n) is 3.69. The Kier molecular flexibility index (Phi) is 3.60. The summed E-state index contributed by atoms with van der Waals surface area (Å²) in [6.07, 6.45) is 2.19. The van der Waals surface area contributed by atoms with Crippen molar-refractivity contribution in [2.24, 2.45) is 0 Å². The summed E-state index contributed by atoms with van der Waals surface area (Å²) in [5, 5.41) is 23.5. The second-order valence-corrected chi connectivity index (χ2v) is 4.04. The van der Waals surface area contributed by atoms with Gasteiger partial charge in [0.1, 0.15) is 17.3 Å². The number of hydrogen-bond acceptors (Lipinski definition) is 4. The maximum atomic E-state index is 10.3. The van der Waals surface area contributed by atoms with Gasteiger partial charge >= 0.3 is 0 Å². The molecule has 0 saturated heterocycles. The molecule has 2 aromatic heterocycles. The molecule has 1 unspecified atom stereocenters. The molecule has 0 aliphatic carbocycles. The molecular weight excluding hydrogens is 252 g/mol. The fourth-order valence-electron chi connectivity index (χ4n) is 1.66. The molecule has 92 valence electrons. The SMILES string of the molecule is CCn1cc(C(O)c2cccnc2Cl)c(C#N)n1. The van der Waals surface area contributed by atoms with Crippen LogP contribution in [0.15, 0.2) is 24.5 Å². The summed E-state index contributed by atoms with van der Waals surface area (Å²) in [4.78, 5) is 3.90. The lowest BCUT2D eigenvalue weighted by atomic mass is 10.0. The Hall–Kier alpha value is -1.90. The van der Waals surface area contributed by atoms with Gasteiger partial charge in [-0.3, -0.25) is 4.68 Å². The van der Waals surface area contributed by atoms with Crippen molar-refractivity contribution < 1.29 is 5.11 Å². The van der Waals surface area contributed by atoms with Crippen LogP contribution in [-0.4, -0.2) is 19.9 Å². The summed E-state index contributed by atoms with van der Waals surface area (Å²) >= 11 is 5.92. The van der Waals surface area contributed by atoms with Gasteiger partial charge < -0.3 is 5.11 Å². The van der Waals surface area contributed by atoms with Crippen LogP contribution in [0.3, 0.4) is 0 Å². The molecule has 0 saturated carbocycles. The van der Waals surface area contributed by atoms with Gasteiger partial charge in [0.25, 0.3) is 0 Å². The summed E-state index contributed by atoms with van der Waals surface area (Å²) in [5.41, 5.74) is 1.10. The lowest BCUT2D eigenvalue weighted by Gasteiger charge is -2.10. The third-order valence-electron chi connectivity index (χ3n) is 2.60. The van der Waals surface area contributed by atoms with Crippen molar-refractivity contribution in [3.63, 3.8) is 0 Å². The lowest BCUT2D eigenvalue weighted by molar-refractivity contribution is 0.219. The maximum Gasteiger partial charge on any atom is 0.168 e. The molecule has 1 N–H and O–H groups in total. The fraction of sp³-hybridized carbons (Fsp3) is 0.250. The molecule has 0 amide bonds. The van der Waals surface area contributed by atoms with Gasteiger partial charge in [0.15, 0.2) is 5.69 Å². The molecule has 0 aromatic carbocycles. The average molecular weight is 263 g/mol. The maximum absolute atomic E-state index is 10.3. The van der Waals surface area contributed by atoms with E-state index in [0.29, 0.717) is 17.7 Å². The summed E-state index contributed by atoms with van der Waals surface area (Å²) in [7, 11) is 0. The first-order valence-corrected chi connectivity index (χ1v) is 5.81. The van der Waals surface area contributed by atoms with E-state index in [1.54, 1.807) is 29.2 Å². The summed E-state index contributed by atoms with van der Waals surface area (Å²) in [5.74, 6) is 0. The van der Waals surface area contributed by atoms with Crippen molar-refractivity contribution in [2.45, 2.75) is 19.6 Å². The molecule has 1 atom stereocenters. The number of halogens is 1. The lowest BCUT2D eigenvalue weighted by Crippen LogP contribution is -2.02. The quantitative estimate of drug-likeness (QED) is 0.858. The Bertz CT molecular complexity index is 602. The van der Waals surface area contributed by atoms with E-state index < -0.39 is 6.10 Å². The number of hydrogen-bond donors (Lipinski definition) is 1. The van der Waals surface area contributed by atoms with E-state index in [2.05, 4.69) is 10.1 Å². The molecule has 5 nitrogen and oxygen atoms in total. The highest BCUT2D eigenvalue weighted by molar-refractivity contribution is 6.30. The van der Waals surface area contributed by atoms with Crippen molar-refractivity contribution >= 4 is 11.6 Å². The van der Waals surface area contributed by atoms with Gasteiger partial charge in [-0.05, 0) is 13.0 Å². The average Bonchev–Trinajstić information content (AvgIpc) is 2.82. The van der Waals surface area contributed by atoms with Crippen molar-refractivity contribution in [1.29, 1.82) is 5.26 Å². The van der Waals surface area contributed by atoms with Gasteiger partial charge in [0.05, 0.1) is 0 Å². The molecule has 0 fully saturated rings. The van der Waals surface area contributed by atoms with Crippen LogP contribution in [0.2, 0.25) is 5.15 Å². The van der Waals surface area contributed by atoms with Crippen LogP contribution in [0, 0.1) is 11.3 Å². The first-order valence-electron chi connectivity index (χ1n) is 5.43. The molecule has 0 aliphatic heterocycles. The molecule has 2 rings (SSSR count). The highest BCUT2D eigenvalue weighted by Crippen LogP contribution is 2.28. The van der Waals surface area contributed by atoms with Crippen molar-refractivity contribution in [3.8, 4) is 6.07 Å². The smallest absolute Gasteiger partial charge is 0.168 e. The van der Waals surface area contributed by atoms with E-state index in [1.807, 2.05) is 13.0 Å². The molecule has 2 aromatic rings. The number of rotatable bonds is 3. The minimum absolute atomic E-state index is 0.198. The van der Waals surface area contributed by atoms with Gasteiger partial charge in [-0.15, -0.1) is 0 Å². The van der Waals surface area contributed by atoms with Crippen molar-refractivity contribution in [3.05, 3.63) is 46.5 Å². The van der Waals surface area contributed by atoms with Crippen LogP contribution in [0.1, 0.15) is 29.8 Å². The van der Waals surface area contributed by atoms with Gasteiger partial charge in [0, 0.05) is 30.1 Å². The zero-order valence-electron chi connectivity index (χ0n) is 9.71. The molecule has 0 aliphatic rings. The summed E-state index contributed by atoms with van der Waals surface area (Å²) in [6.45, 7) is 2.53. The number of pyridine rings is 1. The third-order valence-corrected chi connectivity index (χ3v) is 2.91. The van der Waals surface area contributed by atoms with Crippen LogP contribution >= 0.6 is 11.6 Å². The Morgan fingerprint density at radius 3 is 2.94 bits per heavy atom. The summed E-state index contributed by atoms with van der Waals surface area (Å²) < 4.78 is 1.60. The minimum atomic E-state index is -0.999. The second kappa shape index (κ2) is 5.17. The Morgan fingerprint density at radius 1 is 1.56 bits per heavy atom. The molecule has 0 radical (unpaired) electrons. The topological polar surface area (TPSA) is 74.7 Å². The molecule has 18 heavy (non-hydrogen) atoms. The molecule has 2 heterocycles. The first-order chi connectivity index (χ1) is 8.67. The monoisotopic (exact) mass is 262 g/mol. The van der Waals surface area contributed by atoms with Gasteiger partial charge in [-0.1, -0.05) is 17.7 Å². The van der Waals surface area contributed by atoms with Gasteiger partial charge in [-0.2, -0.15) is 10.4 Å². The molecule has 0 bridgehead atoms. The van der Waals surface area contributed by atoms with E-state index in [4.69, 9.17) is 16.9 Å². The highest BCUT2D eigenvalue weighted by Gasteiger charge is 2.20. The van der Waals surface area contributed by atoms with Crippen LogP contribution in [0.25, 0.3) is 0 Å². The Balaban J connectivity index is 2.46. The third kappa shape index (κ3) is 2.21. The van der Waals surface area contributed by atoms with Crippen molar-refractivity contribution in [1.82, 2.24) is 14.8 Å². The number of aliphatic hydroxyl groups excluding tert-OH is 1. The van der Waals surface area contributed by atoms with Crippen LogP contribution < -0.4 is 0 Å². The normalized spacial score (nSPS) is 12.1. The highest BCUT2D eigenvalue weighted by atomic mass is 35.5. The minimum Gasteiger partial charge on any atom is -0.383 e. The molecule has 0 spiro atoms. The number of aliphatic hydroxyl groups is 1. The Morgan fingerprint density at radius 2 is 2.33 bits per heavy atom. The van der Waals surface area contributed by atoms with E-state index >= 15 is 0 Å². The molecule has 6 heteroatoms. The van der Waals surface area contributed by atoms with Crippen LogP contribution in [-0.2, 0) is 6.54 Å². The predicted molar refractivity (Wildman–Crippen MR) is 65.9 cm³/mol. The van der Waals surface area contributed by atoms with E-state index in [0.717, 1.165) is 0 Å². The standard InChI is InChI=1S/C12H11ClN4O/c1-2-17-7-9(10(6-14)16-17)11(18)8-4-3-5-15-12(8)13/h3-5,7,11,18H,2H2,1H3. The first kappa shape index (κ1) is 12.6. The van der Waals surface area contributed by atoms with Gasteiger partial charge in [-0.25, -0.2) is 4.98 Å². The number of aryl methyl sites for hydroxylation is 1. The summed E-state index contributed by atoms with van der Waals surface area (Å²) in [6, 6.07) is 5.32. The van der Waals surface area contributed by atoms with E-state index in [1.165, 1.54) is 0 Å². The molecular formula is C12H11ClN4O. The van der Waals surface area contributed by atoms with Crippen molar-refractivity contribution in [2.75, 3.05) is 0 Å². The zero-order valence-corrected chi connectivity index (χ0v) is 10.5. The van der Waals surface area contributed by atoms with Crippen LogP contribution in [0.4, 0.5) is 0 Å². The van der Waals surface area contributed by atoms with E-state index in [-0.39, 0.29) is 10.8 Å². The predicted octanol–water partition coefficient (Wildman–Crippen LogP) is 1.90. The number of aromatic nitrogens is 3. The Labute approximate surface area is 109 Å². The number of nitrogens with zero attached hydrogens (tertiary/aromatic N) is 4. The van der Waals surface area contributed by atoms with Gasteiger partial charge in [0.2, 0.25) is 0 Å². The fourth-order valence-corrected chi connectivity index (χ4v) is 1.88. The van der Waals surface area contributed by atoms with Crippen LogP contribution in [0.5, 0.6) is 0 Å². The largest absolute Gasteiger partial charge is 0.383 e. The number of nitriles is 1. The zero-order chi connectivity index (χ0) is 13.1.